The van der Waals surface area contributed by atoms with E-state index < -0.39 is 76.5 Å². The largest absolute Gasteiger partial charge is 0.459 e. The molecule has 1 aromatic rings. The number of esters is 4. The number of carbonyl (C=O) groups is 5. The number of carbonyl (C=O) groups excluding carboxylic acids is 5. The first-order valence-corrected chi connectivity index (χ1v) is 17.7. The third-order valence-electron chi connectivity index (χ3n) is 7.83. The van der Waals surface area contributed by atoms with Crippen LogP contribution < -0.4 is 0 Å². The number of nitrogens with zero attached hydrogens (tertiary/aromatic N) is 3. The fraction of sp³-hybridized carbons (Fsp3) is 0.711. The first-order valence-electron chi connectivity index (χ1n) is 17.7. The lowest BCUT2D eigenvalue weighted by atomic mass is 10.1. The van der Waals surface area contributed by atoms with E-state index in [1.54, 1.807) is 97.8 Å². The van der Waals surface area contributed by atoms with Crippen molar-refractivity contribution in [2.75, 3.05) is 26.2 Å². The maximum atomic E-state index is 14.2. The second kappa shape index (κ2) is 16.3. The van der Waals surface area contributed by atoms with Crippen molar-refractivity contribution in [2.45, 2.75) is 149 Å². The maximum absolute atomic E-state index is 14.2. The summed E-state index contributed by atoms with van der Waals surface area (Å²) in [6, 6.07) is 6.23. The van der Waals surface area contributed by atoms with Crippen LogP contribution in [0.25, 0.3) is 0 Å². The van der Waals surface area contributed by atoms with Crippen LogP contribution in [0.5, 0.6) is 0 Å². The molecule has 13 heteroatoms. The topological polar surface area (TPSA) is 141 Å². The number of rotatable bonds is 10. The number of hydrogen-bond acceptors (Lipinski definition) is 12. The molecule has 2 heterocycles. The van der Waals surface area contributed by atoms with Crippen LogP contribution in [0.1, 0.15) is 101 Å². The van der Waals surface area contributed by atoms with Crippen molar-refractivity contribution >= 4 is 30.0 Å². The average Bonchev–Trinajstić information content (AvgIpc) is 3.53. The average molecular weight is 718 g/mol. The number of likely N-dealkylation sites (tertiary alicyclic amines) is 2. The Morgan fingerprint density at radius 1 is 0.608 bits per heavy atom. The van der Waals surface area contributed by atoms with Crippen LogP contribution >= 0.6 is 0 Å². The van der Waals surface area contributed by atoms with Gasteiger partial charge in [-0.1, -0.05) is 30.3 Å². The molecular weight excluding hydrogens is 658 g/mol. The molecule has 0 saturated carbocycles. The van der Waals surface area contributed by atoms with Gasteiger partial charge >= 0.3 is 30.0 Å². The van der Waals surface area contributed by atoms with Gasteiger partial charge in [0.15, 0.2) is 0 Å². The Morgan fingerprint density at radius 3 is 1.33 bits per heavy atom. The van der Waals surface area contributed by atoms with Gasteiger partial charge in [0.05, 0.1) is 25.2 Å². The Morgan fingerprint density at radius 2 is 0.980 bits per heavy atom. The van der Waals surface area contributed by atoms with Gasteiger partial charge in [-0.05, 0) is 101 Å². The van der Waals surface area contributed by atoms with E-state index in [-0.39, 0.29) is 45.6 Å². The zero-order valence-corrected chi connectivity index (χ0v) is 32.6. The summed E-state index contributed by atoms with van der Waals surface area (Å²) < 4.78 is 28.6. The van der Waals surface area contributed by atoms with Gasteiger partial charge in [-0.15, -0.1) is 0 Å². The van der Waals surface area contributed by atoms with Gasteiger partial charge in [0.1, 0.15) is 41.1 Å². The Bertz CT molecular complexity index is 1310. The monoisotopic (exact) mass is 717 g/mol. The molecule has 1 amide bonds. The zero-order valence-electron chi connectivity index (χ0n) is 32.6. The SMILES string of the molecule is CC(C)(C)OC(=O)CN1C[C@H](N(C(=O)OCc2ccccc2)[C@H]2C[C@@H](C(=O)OC(C)(C)C)N(CC(=O)OC(C)(C)C)C2)C[C@@H]1C(=O)OC(C)(C)C. The van der Waals surface area contributed by atoms with Crippen molar-refractivity contribution < 1.29 is 47.7 Å². The minimum atomic E-state index is -0.868. The molecule has 0 aliphatic carbocycles. The van der Waals surface area contributed by atoms with E-state index in [4.69, 9.17) is 23.7 Å². The van der Waals surface area contributed by atoms with Crippen LogP contribution in [-0.2, 0) is 49.5 Å². The molecule has 3 rings (SSSR count). The predicted octanol–water partition coefficient (Wildman–Crippen LogP) is 4.88. The Balaban J connectivity index is 2.00. The Labute approximate surface area is 303 Å². The standard InChI is InChI=1S/C38H59N3O10/c1-35(2,3)48-30(42)22-39-20-26(18-28(39)32(44)50-37(7,8)9)41(34(46)47-24-25-16-14-13-15-17-25)27-19-29(33(45)51-38(10,11)12)40(21-27)23-31(43)49-36(4,5)6/h13-17,26-29H,18-24H2,1-12H3/t26-,27+,28-,29+. The molecule has 2 saturated heterocycles. The van der Waals surface area contributed by atoms with Crippen molar-refractivity contribution in [1.82, 2.24) is 14.7 Å². The van der Waals surface area contributed by atoms with E-state index in [0.29, 0.717) is 0 Å². The van der Waals surface area contributed by atoms with Crippen molar-refractivity contribution in [3.05, 3.63) is 35.9 Å². The molecule has 0 aromatic heterocycles. The van der Waals surface area contributed by atoms with Gasteiger partial charge in [0, 0.05) is 13.1 Å². The van der Waals surface area contributed by atoms with E-state index >= 15 is 0 Å². The molecule has 13 nitrogen and oxygen atoms in total. The summed E-state index contributed by atoms with van der Waals surface area (Å²) in [5.74, 6) is -2.11. The second-order valence-electron chi connectivity index (χ2n) is 17.4. The first-order chi connectivity index (χ1) is 23.3. The van der Waals surface area contributed by atoms with E-state index in [1.165, 1.54) is 0 Å². The van der Waals surface area contributed by atoms with Crippen LogP contribution in [0.2, 0.25) is 0 Å². The predicted molar refractivity (Wildman–Crippen MR) is 189 cm³/mol. The van der Waals surface area contributed by atoms with Gasteiger partial charge in [0.2, 0.25) is 0 Å². The third-order valence-corrected chi connectivity index (χ3v) is 7.83. The van der Waals surface area contributed by atoms with Crippen molar-refractivity contribution in [1.29, 1.82) is 0 Å². The van der Waals surface area contributed by atoms with E-state index in [1.807, 2.05) is 30.3 Å². The molecule has 0 N–H and O–H groups in total. The molecule has 0 bridgehead atoms. The van der Waals surface area contributed by atoms with Crippen molar-refractivity contribution in [3.63, 3.8) is 0 Å². The smallest absolute Gasteiger partial charge is 0.410 e. The summed E-state index contributed by atoms with van der Waals surface area (Å²) in [5.41, 5.74) is -2.31. The number of ether oxygens (including phenoxy) is 5. The summed E-state index contributed by atoms with van der Waals surface area (Å²) >= 11 is 0. The molecular formula is C38H59N3O10. The Kier molecular flexibility index (Phi) is 13.3. The molecule has 1 aromatic carbocycles. The lowest BCUT2D eigenvalue weighted by Crippen LogP contribution is -2.50. The van der Waals surface area contributed by atoms with Gasteiger partial charge in [-0.2, -0.15) is 0 Å². The van der Waals surface area contributed by atoms with E-state index in [2.05, 4.69) is 0 Å². The van der Waals surface area contributed by atoms with Gasteiger partial charge in [-0.3, -0.25) is 33.9 Å². The molecule has 0 radical (unpaired) electrons. The van der Waals surface area contributed by atoms with Crippen LogP contribution in [0.3, 0.4) is 0 Å². The molecule has 286 valence electrons. The fourth-order valence-electron chi connectivity index (χ4n) is 6.21. The third kappa shape index (κ3) is 13.7. The molecule has 4 atom stereocenters. The molecule has 2 aliphatic heterocycles. The quantitative estimate of drug-likeness (QED) is 0.241. The molecule has 2 fully saturated rings. The van der Waals surface area contributed by atoms with E-state index in [9.17, 15) is 24.0 Å². The second-order valence-corrected chi connectivity index (χ2v) is 17.4. The summed E-state index contributed by atoms with van der Waals surface area (Å²) in [6.45, 7) is 21.0. The summed E-state index contributed by atoms with van der Waals surface area (Å²) in [6.07, 6.45) is -0.381. The molecule has 2 aliphatic rings. The molecule has 0 unspecified atom stereocenters. The minimum absolute atomic E-state index is 0.0101. The van der Waals surface area contributed by atoms with Crippen LogP contribution in [-0.4, -0.2) is 117 Å². The maximum Gasteiger partial charge on any atom is 0.410 e. The normalized spacial score (nSPS) is 21.9. The summed E-state index contributed by atoms with van der Waals surface area (Å²) in [7, 11) is 0. The first kappa shape index (κ1) is 41.7. The molecule has 0 spiro atoms. The highest BCUT2D eigenvalue weighted by atomic mass is 16.6. The van der Waals surface area contributed by atoms with Crippen LogP contribution in [0, 0.1) is 0 Å². The van der Waals surface area contributed by atoms with Crippen molar-refractivity contribution in [2.24, 2.45) is 0 Å². The van der Waals surface area contributed by atoms with Crippen molar-refractivity contribution in [3.8, 4) is 0 Å². The lowest BCUT2D eigenvalue weighted by molar-refractivity contribution is -0.165. The van der Waals surface area contributed by atoms with Gasteiger partial charge in [-0.25, -0.2) is 4.79 Å². The van der Waals surface area contributed by atoms with Gasteiger partial charge < -0.3 is 23.7 Å². The highest BCUT2D eigenvalue weighted by Gasteiger charge is 2.50. The number of benzene rings is 1. The van der Waals surface area contributed by atoms with Crippen LogP contribution in [0.15, 0.2) is 30.3 Å². The fourth-order valence-corrected chi connectivity index (χ4v) is 6.21. The van der Waals surface area contributed by atoms with E-state index in [0.717, 1.165) is 5.56 Å². The summed E-state index contributed by atoms with van der Waals surface area (Å²) in [5, 5.41) is 0. The van der Waals surface area contributed by atoms with Gasteiger partial charge in [0.25, 0.3) is 0 Å². The molecule has 51 heavy (non-hydrogen) atoms. The minimum Gasteiger partial charge on any atom is -0.459 e. The highest BCUT2D eigenvalue weighted by Crippen LogP contribution is 2.33. The zero-order chi connectivity index (χ0) is 38.5. The number of hydrogen-bond donors (Lipinski definition) is 0. The number of amides is 1. The highest BCUT2D eigenvalue weighted by molar-refractivity contribution is 5.80. The Hall–Kier alpha value is -3.71. The lowest BCUT2D eigenvalue weighted by Gasteiger charge is -2.33. The van der Waals surface area contributed by atoms with Crippen LogP contribution in [0.4, 0.5) is 4.79 Å². The summed E-state index contributed by atoms with van der Waals surface area (Å²) in [4.78, 5) is 72.4.